The Morgan fingerprint density at radius 2 is 1.93 bits per heavy atom. The van der Waals surface area contributed by atoms with Crippen molar-refractivity contribution in [2.24, 2.45) is 5.92 Å². The first-order valence-electron chi connectivity index (χ1n) is 10.2. The predicted molar refractivity (Wildman–Crippen MR) is 117 cm³/mol. The van der Waals surface area contributed by atoms with E-state index in [1.54, 1.807) is 12.4 Å². The van der Waals surface area contributed by atoms with Crippen LogP contribution in [0.3, 0.4) is 0 Å². The molecule has 0 bridgehead atoms. The molecule has 2 saturated heterocycles. The van der Waals surface area contributed by atoms with Gasteiger partial charge in [-0.2, -0.15) is 5.26 Å². The SMILES string of the molecule is C[C@H]1C[C@@H](OCCN2CCNCC2)CN(c2ccc(C#N)c3nccnc23)C1.Cl. The molecule has 2 aliphatic heterocycles. The maximum atomic E-state index is 9.37. The number of piperidine rings is 1. The Kier molecular flexibility index (Phi) is 7.62. The molecule has 156 valence electrons. The van der Waals surface area contributed by atoms with Crippen LogP contribution in [0.2, 0.25) is 0 Å². The number of rotatable bonds is 5. The zero-order valence-electron chi connectivity index (χ0n) is 16.9. The number of hydrogen-bond acceptors (Lipinski definition) is 7. The average molecular weight is 417 g/mol. The van der Waals surface area contributed by atoms with Crippen LogP contribution in [-0.4, -0.2) is 73.4 Å². The van der Waals surface area contributed by atoms with E-state index in [2.05, 4.69) is 38.1 Å². The first kappa shape index (κ1) is 21.7. The quantitative estimate of drug-likeness (QED) is 0.799. The third kappa shape index (κ3) is 5.14. The third-order valence-corrected chi connectivity index (χ3v) is 5.66. The van der Waals surface area contributed by atoms with E-state index in [4.69, 9.17) is 4.74 Å². The van der Waals surface area contributed by atoms with Gasteiger partial charge < -0.3 is 15.0 Å². The van der Waals surface area contributed by atoms with E-state index in [1.807, 2.05) is 12.1 Å². The number of nitriles is 1. The highest BCUT2D eigenvalue weighted by Crippen LogP contribution is 2.30. The minimum atomic E-state index is 0. The summed E-state index contributed by atoms with van der Waals surface area (Å²) in [6, 6.07) is 6.08. The lowest BCUT2D eigenvalue weighted by atomic mass is 9.96. The van der Waals surface area contributed by atoms with Crippen molar-refractivity contribution in [3.63, 3.8) is 0 Å². The van der Waals surface area contributed by atoms with Gasteiger partial charge in [0.25, 0.3) is 0 Å². The first-order chi connectivity index (χ1) is 13.7. The Labute approximate surface area is 178 Å². The van der Waals surface area contributed by atoms with E-state index >= 15 is 0 Å². The van der Waals surface area contributed by atoms with Gasteiger partial charge in [-0.15, -0.1) is 12.4 Å². The highest BCUT2D eigenvalue weighted by molar-refractivity contribution is 5.92. The summed E-state index contributed by atoms with van der Waals surface area (Å²) in [5, 5.41) is 12.8. The number of nitrogens with zero attached hydrogens (tertiary/aromatic N) is 5. The fourth-order valence-corrected chi connectivity index (χ4v) is 4.28. The van der Waals surface area contributed by atoms with Gasteiger partial charge in [0.2, 0.25) is 0 Å². The predicted octanol–water partition coefficient (Wildman–Crippen LogP) is 2.06. The maximum Gasteiger partial charge on any atom is 0.113 e. The fraction of sp³-hybridized carbons (Fsp3) is 0.571. The summed E-state index contributed by atoms with van der Waals surface area (Å²) in [5.41, 5.74) is 3.09. The van der Waals surface area contributed by atoms with E-state index in [1.165, 1.54) is 0 Å². The maximum absolute atomic E-state index is 9.37. The molecule has 7 nitrogen and oxygen atoms in total. The van der Waals surface area contributed by atoms with Crippen LogP contribution in [0, 0.1) is 17.2 Å². The van der Waals surface area contributed by atoms with Crippen LogP contribution < -0.4 is 10.2 Å². The van der Waals surface area contributed by atoms with Gasteiger partial charge in [-0.1, -0.05) is 6.92 Å². The number of aromatic nitrogens is 2. The highest BCUT2D eigenvalue weighted by Gasteiger charge is 2.27. The number of benzene rings is 1. The van der Waals surface area contributed by atoms with Gasteiger partial charge in [0.15, 0.2) is 0 Å². The van der Waals surface area contributed by atoms with Crippen LogP contribution in [0.4, 0.5) is 5.69 Å². The lowest BCUT2D eigenvalue weighted by molar-refractivity contribution is 0.0186. The molecule has 0 amide bonds. The summed E-state index contributed by atoms with van der Waals surface area (Å²) < 4.78 is 6.27. The molecule has 0 saturated carbocycles. The van der Waals surface area contributed by atoms with Crippen LogP contribution in [0.5, 0.6) is 0 Å². The second-order valence-electron chi connectivity index (χ2n) is 7.83. The van der Waals surface area contributed by atoms with E-state index < -0.39 is 0 Å². The molecular weight excluding hydrogens is 388 g/mol. The molecule has 0 unspecified atom stereocenters. The monoisotopic (exact) mass is 416 g/mol. The van der Waals surface area contributed by atoms with Crippen molar-refractivity contribution in [3.05, 3.63) is 30.1 Å². The summed E-state index contributed by atoms with van der Waals surface area (Å²) in [7, 11) is 0. The molecule has 8 heteroatoms. The molecule has 0 radical (unpaired) electrons. The van der Waals surface area contributed by atoms with E-state index in [0.29, 0.717) is 17.0 Å². The minimum absolute atomic E-state index is 0. The van der Waals surface area contributed by atoms with Crippen molar-refractivity contribution in [1.82, 2.24) is 20.2 Å². The van der Waals surface area contributed by atoms with Gasteiger partial charge in [-0.3, -0.25) is 14.9 Å². The molecule has 1 N–H and O–H groups in total. The van der Waals surface area contributed by atoms with Crippen molar-refractivity contribution in [3.8, 4) is 6.07 Å². The summed E-state index contributed by atoms with van der Waals surface area (Å²) in [6.07, 6.45) is 4.64. The van der Waals surface area contributed by atoms with Gasteiger partial charge >= 0.3 is 0 Å². The summed E-state index contributed by atoms with van der Waals surface area (Å²) in [6.45, 7) is 10.2. The van der Waals surface area contributed by atoms with Crippen LogP contribution in [0.25, 0.3) is 11.0 Å². The van der Waals surface area contributed by atoms with Crippen LogP contribution in [0.15, 0.2) is 24.5 Å². The standard InChI is InChI=1S/C21H28N6O.ClH/c1-16-12-18(28-11-10-26-8-6-23-7-9-26)15-27(14-16)19-3-2-17(13-22)20-21(19)25-5-4-24-20;/h2-5,16,18,23H,6-12,14-15H2,1H3;1H/t16-,18+;/m0./s1. The molecular formula is C21H29ClN6O. The molecule has 1 aromatic heterocycles. The number of halogens is 1. The van der Waals surface area contributed by atoms with Gasteiger partial charge in [0.1, 0.15) is 17.1 Å². The summed E-state index contributed by atoms with van der Waals surface area (Å²) in [4.78, 5) is 13.7. The van der Waals surface area contributed by atoms with Crippen molar-refractivity contribution in [2.75, 3.05) is 57.3 Å². The van der Waals surface area contributed by atoms with Gasteiger partial charge in [0.05, 0.1) is 24.0 Å². The largest absolute Gasteiger partial charge is 0.375 e. The van der Waals surface area contributed by atoms with Crippen molar-refractivity contribution >= 4 is 29.1 Å². The fourth-order valence-electron chi connectivity index (χ4n) is 4.28. The van der Waals surface area contributed by atoms with Crippen LogP contribution in [-0.2, 0) is 4.74 Å². The molecule has 29 heavy (non-hydrogen) atoms. The van der Waals surface area contributed by atoms with Crippen LogP contribution in [0.1, 0.15) is 18.9 Å². The number of piperazine rings is 1. The number of ether oxygens (including phenoxy) is 1. The van der Waals surface area contributed by atoms with Crippen LogP contribution >= 0.6 is 12.4 Å². The number of fused-ring (bicyclic) bond motifs is 1. The molecule has 1 aromatic carbocycles. The lowest BCUT2D eigenvalue weighted by Crippen LogP contribution is -2.46. The Hall–Kier alpha value is -1.98. The summed E-state index contributed by atoms with van der Waals surface area (Å²) >= 11 is 0. The van der Waals surface area contributed by atoms with E-state index in [9.17, 15) is 5.26 Å². The number of nitrogens with one attached hydrogen (secondary N) is 1. The van der Waals surface area contributed by atoms with Gasteiger partial charge in [0, 0.05) is 58.2 Å². The molecule has 3 heterocycles. The zero-order valence-corrected chi connectivity index (χ0v) is 17.7. The Morgan fingerprint density at radius 3 is 2.69 bits per heavy atom. The first-order valence-corrected chi connectivity index (χ1v) is 10.2. The van der Waals surface area contributed by atoms with E-state index in [0.717, 1.165) is 70.0 Å². The number of hydrogen-bond donors (Lipinski definition) is 1. The zero-order chi connectivity index (χ0) is 19.3. The van der Waals surface area contributed by atoms with Gasteiger partial charge in [-0.05, 0) is 24.5 Å². The molecule has 2 aliphatic rings. The smallest absolute Gasteiger partial charge is 0.113 e. The Balaban J connectivity index is 0.00000240. The third-order valence-electron chi connectivity index (χ3n) is 5.66. The van der Waals surface area contributed by atoms with Crippen molar-refractivity contribution in [2.45, 2.75) is 19.4 Å². The average Bonchev–Trinajstić information content (AvgIpc) is 2.73. The lowest BCUT2D eigenvalue weighted by Gasteiger charge is -2.38. The molecule has 4 rings (SSSR count). The second kappa shape index (κ2) is 10.2. The molecule has 0 aliphatic carbocycles. The van der Waals surface area contributed by atoms with Crippen molar-refractivity contribution < 1.29 is 4.74 Å². The highest BCUT2D eigenvalue weighted by atomic mass is 35.5. The normalized spacial score (nSPS) is 22.8. The van der Waals surface area contributed by atoms with Gasteiger partial charge in [-0.25, -0.2) is 0 Å². The second-order valence-corrected chi connectivity index (χ2v) is 7.83. The molecule has 0 spiro atoms. The molecule has 2 aromatic rings. The Morgan fingerprint density at radius 1 is 1.17 bits per heavy atom. The number of anilines is 1. The molecule has 2 fully saturated rings. The summed E-state index contributed by atoms with van der Waals surface area (Å²) in [5.74, 6) is 0.542. The van der Waals surface area contributed by atoms with Crippen molar-refractivity contribution in [1.29, 1.82) is 5.26 Å². The topological polar surface area (TPSA) is 77.3 Å². The van der Waals surface area contributed by atoms with E-state index in [-0.39, 0.29) is 18.5 Å². The molecule has 2 atom stereocenters. The minimum Gasteiger partial charge on any atom is -0.375 e. The Bertz CT molecular complexity index is 851.